The average molecular weight is 260 g/mol. The molecule has 0 atom stereocenters. The summed E-state index contributed by atoms with van der Waals surface area (Å²) < 4.78 is 13.7. The van der Waals surface area contributed by atoms with Gasteiger partial charge >= 0.3 is 0 Å². The number of aromatic amines is 1. The van der Waals surface area contributed by atoms with Gasteiger partial charge in [-0.1, -0.05) is 25.0 Å². The summed E-state index contributed by atoms with van der Waals surface area (Å²) in [6, 6.07) is 6.01. The van der Waals surface area contributed by atoms with E-state index in [-0.39, 0.29) is 5.82 Å². The SMILES string of the molecule is Cc1[nH]c2c(F)cccc2c1CCNC1CCCC1. The first-order valence-corrected chi connectivity index (χ1v) is 7.25. The van der Waals surface area contributed by atoms with Gasteiger partial charge in [0.05, 0.1) is 5.52 Å². The van der Waals surface area contributed by atoms with Gasteiger partial charge in [0.2, 0.25) is 0 Å². The lowest BCUT2D eigenvalue weighted by atomic mass is 10.1. The van der Waals surface area contributed by atoms with E-state index in [1.165, 1.54) is 37.3 Å². The number of H-pyrrole nitrogens is 1. The predicted octanol–water partition coefficient (Wildman–Crippen LogP) is 3.69. The van der Waals surface area contributed by atoms with Gasteiger partial charge < -0.3 is 10.3 Å². The molecule has 0 bridgehead atoms. The molecule has 1 aliphatic rings. The maximum Gasteiger partial charge on any atom is 0.147 e. The largest absolute Gasteiger partial charge is 0.356 e. The third kappa shape index (κ3) is 2.52. The predicted molar refractivity (Wildman–Crippen MR) is 77.0 cm³/mol. The molecule has 1 aliphatic carbocycles. The summed E-state index contributed by atoms with van der Waals surface area (Å²) in [5, 5.41) is 4.65. The van der Waals surface area contributed by atoms with Crippen molar-refractivity contribution in [3.05, 3.63) is 35.3 Å². The van der Waals surface area contributed by atoms with Crippen LogP contribution >= 0.6 is 0 Å². The van der Waals surface area contributed by atoms with Gasteiger partial charge in [-0.15, -0.1) is 0 Å². The van der Waals surface area contributed by atoms with Crippen LogP contribution in [0.25, 0.3) is 10.9 Å². The molecular weight excluding hydrogens is 239 g/mol. The standard InChI is InChI=1S/C16H21FN2/c1-11-13(9-10-18-12-5-2-3-6-12)14-7-4-8-15(17)16(14)19-11/h4,7-8,12,18-19H,2-3,5-6,9-10H2,1H3. The Morgan fingerprint density at radius 1 is 1.32 bits per heavy atom. The minimum absolute atomic E-state index is 0.157. The van der Waals surface area contributed by atoms with Crippen LogP contribution in [0.3, 0.4) is 0 Å². The first-order valence-electron chi connectivity index (χ1n) is 7.25. The summed E-state index contributed by atoms with van der Waals surface area (Å²) >= 11 is 0. The molecule has 2 nitrogen and oxygen atoms in total. The molecule has 1 aromatic heterocycles. The summed E-state index contributed by atoms with van der Waals surface area (Å²) in [6.07, 6.45) is 6.29. The van der Waals surface area contributed by atoms with E-state index in [1.54, 1.807) is 6.07 Å². The summed E-state index contributed by atoms with van der Waals surface area (Å²) in [4.78, 5) is 3.17. The van der Waals surface area contributed by atoms with Crippen molar-refractivity contribution in [1.82, 2.24) is 10.3 Å². The molecule has 19 heavy (non-hydrogen) atoms. The molecule has 0 radical (unpaired) electrons. The van der Waals surface area contributed by atoms with Gasteiger partial charge in [-0.05, 0) is 44.4 Å². The van der Waals surface area contributed by atoms with Crippen molar-refractivity contribution in [2.24, 2.45) is 0 Å². The smallest absolute Gasteiger partial charge is 0.147 e. The number of hydrogen-bond donors (Lipinski definition) is 2. The Morgan fingerprint density at radius 3 is 2.89 bits per heavy atom. The molecule has 0 unspecified atom stereocenters. The van der Waals surface area contributed by atoms with Crippen molar-refractivity contribution in [2.75, 3.05) is 6.54 Å². The van der Waals surface area contributed by atoms with Crippen LogP contribution < -0.4 is 5.32 Å². The van der Waals surface area contributed by atoms with Crippen molar-refractivity contribution in [2.45, 2.75) is 45.1 Å². The number of rotatable bonds is 4. The van der Waals surface area contributed by atoms with Crippen LogP contribution in [0.2, 0.25) is 0 Å². The Kier molecular flexibility index (Phi) is 3.56. The number of para-hydroxylation sites is 1. The number of halogens is 1. The highest BCUT2D eigenvalue weighted by atomic mass is 19.1. The van der Waals surface area contributed by atoms with Crippen molar-refractivity contribution < 1.29 is 4.39 Å². The number of aryl methyl sites for hydroxylation is 1. The van der Waals surface area contributed by atoms with Crippen LogP contribution in [0.1, 0.15) is 36.9 Å². The topological polar surface area (TPSA) is 27.8 Å². The van der Waals surface area contributed by atoms with Gasteiger partial charge in [-0.25, -0.2) is 4.39 Å². The Hall–Kier alpha value is -1.35. The number of benzene rings is 1. The van der Waals surface area contributed by atoms with E-state index >= 15 is 0 Å². The molecule has 3 heteroatoms. The van der Waals surface area contributed by atoms with E-state index in [2.05, 4.69) is 10.3 Å². The quantitative estimate of drug-likeness (QED) is 0.862. The molecule has 1 saturated carbocycles. The van der Waals surface area contributed by atoms with Gasteiger partial charge in [0, 0.05) is 17.1 Å². The molecule has 102 valence electrons. The number of aromatic nitrogens is 1. The lowest BCUT2D eigenvalue weighted by Gasteiger charge is -2.11. The summed E-state index contributed by atoms with van der Waals surface area (Å²) in [5.41, 5.74) is 2.99. The minimum atomic E-state index is -0.157. The average Bonchev–Trinajstić information content (AvgIpc) is 3.00. The van der Waals surface area contributed by atoms with E-state index in [9.17, 15) is 4.39 Å². The highest BCUT2D eigenvalue weighted by molar-refractivity contribution is 5.85. The molecule has 0 saturated heterocycles. The van der Waals surface area contributed by atoms with Crippen LogP contribution in [-0.4, -0.2) is 17.6 Å². The van der Waals surface area contributed by atoms with Crippen molar-refractivity contribution in [3.63, 3.8) is 0 Å². The second-order valence-corrected chi connectivity index (χ2v) is 5.58. The Morgan fingerprint density at radius 2 is 2.11 bits per heavy atom. The van der Waals surface area contributed by atoms with Gasteiger partial charge in [0.25, 0.3) is 0 Å². The van der Waals surface area contributed by atoms with Crippen LogP contribution in [0.4, 0.5) is 4.39 Å². The zero-order valence-electron chi connectivity index (χ0n) is 11.4. The zero-order chi connectivity index (χ0) is 13.2. The Bertz CT molecular complexity index is 567. The molecular formula is C16H21FN2. The van der Waals surface area contributed by atoms with Crippen molar-refractivity contribution in [3.8, 4) is 0 Å². The Balaban J connectivity index is 1.73. The second-order valence-electron chi connectivity index (χ2n) is 5.58. The van der Waals surface area contributed by atoms with Crippen molar-refractivity contribution >= 4 is 10.9 Å². The number of hydrogen-bond acceptors (Lipinski definition) is 1. The fourth-order valence-corrected chi connectivity index (χ4v) is 3.22. The first kappa shape index (κ1) is 12.7. The molecule has 1 heterocycles. The second kappa shape index (κ2) is 5.33. The van der Waals surface area contributed by atoms with Crippen LogP contribution in [-0.2, 0) is 6.42 Å². The third-order valence-electron chi connectivity index (χ3n) is 4.27. The van der Waals surface area contributed by atoms with Gasteiger partial charge in [-0.3, -0.25) is 0 Å². The van der Waals surface area contributed by atoms with Crippen LogP contribution in [0, 0.1) is 12.7 Å². The highest BCUT2D eigenvalue weighted by Gasteiger charge is 2.15. The molecule has 0 aliphatic heterocycles. The van der Waals surface area contributed by atoms with Crippen LogP contribution in [0.5, 0.6) is 0 Å². The van der Waals surface area contributed by atoms with Gasteiger partial charge in [-0.2, -0.15) is 0 Å². The van der Waals surface area contributed by atoms with E-state index in [0.717, 1.165) is 24.0 Å². The molecule has 0 spiro atoms. The van der Waals surface area contributed by atoms with E-state index in [0.29, 0.717) is 11.6 Å². The minimum Gasteiger partial charge on any atom is -0.356 e. The summed E-state index contributed by atoms with van der Waals surface area (Å²) in [5.74, 6) is -0.157. The molecule has 2 N–H and O–H groups in total. The molecule has 3 rings (SSSR count). The van der Waals surface area contributed by atoms with Gasteiger partial charge in [0.1, 0.15) is 5.82 Å². The number of nitrogens with one attached hydrogen (secondary N) is 2. The molecule has 2 aromatic rings. The van der Waals surface area contributed by atoms with Crippen molar-refractivity contribution in [1.29, 1.82) is 0 Å². The van der Waals surface area contributed by atoms with E-state index in [4.69, 9.17) is 0 Å². The molecule has 0 amide bonds. The lowest BCUT2D eigenvalue weighted by Crippen LogP contribution is -2.28. The molecule has 1 fully saturated rings. The number of fused-ring (bicyclic) bond motifs is 1. The molecule has 1 aromatic carbocycles. The third-order valence-corrected chi connectivity index (χ3v) is 4.27. The summed E-state index contributed by atoms with van der Waals surface area (Å²) in [6.45, 7) is 3.01. The summed E-state index contributed by atoms with van der Waals surface area (Å²) in [7, 11) is 0. The normalized spacial score (nSPS) is 16.5. The maximum atomic E-state index is 13.7. The van der Waals surface area contributed by atoms with E-state index in [1.807, 2.05) is 13.0 Å². The Labute approximate surface area is 113 Å². The van der Waals surface area contributed by atoms with Crippen LogP contribution in [0.15, 0.2) is 18.2 Å². The van der Waals surface area contributed by atoms with E-state index < -0.39 is 0 Å². The monoisotopic (exact) mass is 260 g/mol. The maximum absolute atomic E-state index is 13.7. The van der Waals surface area contributed by atoms with Gasteiger partial charge in [0.15, 0.2) is 0 Å². The fourth-order valence-electron chi connectivity index (χ4n) is 3.22. The first-order chi connectivity index (χ1) is 9.25. The fraction of sp³-hybridized carbons (Fsp3) is 0.500. The lowest BCUT2D eigenvalue weighted by molar-refractivity contribution is 0.528. The zero-order valence-corrected chi connectivity index (χ0v) is 11.4. The highest BCUT2D eigenvalue weighted by Crippen LogP contribution is 2.24.